The summed E-state index contributed by atoms with van der Waals surface area (Å²) in [6, 6.07) is 4.15. The molecule has 2 N–H and O–H groups in total. The van der Waals surface area contributed by atoms with E-state index in [0.717, 1.165) is 28.0 Å². The molecule has 3 heterocycles. The van der Waals surface area contributed by atoms with Gasteiger partial charge in [0.25, 0.3) is 0 Å². The first-order valence-electron chi connectivity index (χ1n) is 7.87. The molecule has 6 nitrogen and oxygen atoms in total. The Labute approximate surface area is 168 Å². The van der Waals surface area contributed by atoms with Crippen molar-refractivity contribution in [2.45, 2.75) is 33.9 Å². The zero-order valence-corrected chi connectivity index (χ0v) is 18.0. The highest BCUT2D eigenvalue weighted by atomic mass is 127. The second-order valence-electron chi connectivity index (χ2n) is 5.73. The van der Waals surface area contributed by atoms with Crippen LogP contribution < -0.4 is 10.6 Å². The Hall–Kier alpha value is -1.68. The lowest BCUT2D eigenvalue weighted by Gasteiger charge is -2.09. The number of aryl methyl sites for hydroxylation is 3. The van der Waals surface area contributed by atoms with Crippen molar-refractivity contribution in [3.63, 3.8) is 0 Å². The molecule has 25 heavy (non-hydrogen) atoms. The molecule has 0 bridgehead atoms. The number of imidazole rings is 1. The van der Waals surface area contributed by atoms with Crippen molar-refractivity contribution in [2.75, 3.05) is 7.05 Å². The van der Waals surface area contributed by atoms with Crippen LogP contribution in [0.3, 0.4) is 0 Å². The van der Waals surface area contributed by atoms with Gasteiger partial charge < -0.3 is 15.0 Å². The average Bonchev–Trinajstić information content (AvgIpc) is 3.10. The zero-order chi connectivity index (χ0) is 17.1. The van der Waals surface area contributed by atoms with Crippen molar-refractivity contribution in [1.82, 2.24) is 25.0 Å². The number of pyridine rings is 1. The standard InChI is InChI=1S/C17H22N6S.HI/c1-11-5-6-23-10-14(22-15(23)7-11)8-19-17(18-4)20-9-16-21-12(2)13(3)24-16;/h5-7,10H,8-9H2,1-4H3,(H2,18,19,20);1H. The van der Waals surface area contributed by atoms with Gasteiger partial charge in [0.1, 0.15) is 10.7 Å². The van der Waals surface area contributed by atoms with Crippen molar-refractivity contribution in [3.8, 4) is 0 Å². The monoisotopic (exact) mass is 470 g/mol. The molecule has 8 heteroatoms. The Morgan fingerprint density at radius 3 is 2.64 bits per heavy atom. The summed E-state index contributed by atoms with van der Waals surface area (Å²) in [6.07, 6.45) is 4.06. The van der Waals surface area contributed by atoms with E-state index in [0.29, 0.717) is 13.1 Å². The van der Waals surface area contributed by atoms with Crippen LogP contribution in [0.1, 0.15) is 26.8 Å². The smallest absolute Gasteiger partial charge is 0.191 e. The maximum atomic E-state index is 4.62. The van der Waals surface area contributed by atoms with Crippen LogP contribution in [0.2, 0.25) is 0 Å². The van der Waals surface area contributed by atoms with Crippen LogP contribution in [0.15, 0.2) is 29.5 Å². The van der Waals surface area contributed by atoms with Gasteiger partial charge in [0.05, 0.1) is 24.5 Å². The van der Waals surface area contributed by atoms with Crippen LogP contribution in [0.5, 0.6) is 0 Å². The largest absolute Gasteiger partial charge is 0.351 e. The lowest BCUT2D eigenvalue weighted by Crippen LogP contribution is -2.36. The summed E-state index contributed by atoms with van der Waals surface area (Å²) in [7, 11) is 1.76. The molecule has 3 aromatic heterocycles. The number of aromatic nitrogens is 3. The number of nitrogens with one attached hydrogen (secondary N) is 2. The SMILES string of the molecule is CN=C(NCc1cn2ccc(C)cc2n1)NCc1nc(C)c(C)s1.I. The van der Waals surface area contributed by atoms with E-state index in [1.165, 1.54) is 10.4 Å². The Morgan fingerprint density at radius 1 is 1.20 bits per heavy atom. The van der Waals surface area contributed by atoms with Gasteiger partial charge in [-0.05, 0) is 38.5 Å². The molecule has 0 aliphatic heterocycles. The van der Waals surface area contributed by atoms with Gasteiger partial charge in [-0.15, -0.1) is 35.3 Å². The maximum Gasteiger partial charge on any atom is 0.191 e. The minimum Gasteiger partial charge on any atom is -0.351 e. The van der Waals surface area contributed by atoms with Crippen molar-refractivity contribution in [2.24, 2.45) is 4.99 Å². The lowest BCUT2D eigenvalue weighted by molar-refractivity contribution is 0.794. The molecule has 0 amide bonds. The Morgan fingerprint density at radius 2 is 1.96 bits per heavy atom. The lowest BCUT2D eigenvalue weighted by atomic mass is 10.3. The van der Waals surface area contributed by atoms with Gasteiger partial charge in [-0.3, -0.25) is 4.99 Å². The van der Waals surface area contributed by atoms with Crippen LogP contribution in [-0.2, 0) is 13.1 Å². The molecule has 0 saturated carbocycles. The van der Waals surface area contributed by atoms with Crippen molar-refractivity contribution in [1.29, 1.82) is 0 Å². The van der Waals surface area contributed by atoms with Gasteiger partial charge in [-0.25, -0.2) is 9.97 Å². The van der Waals surface area contributed by atoms with Crippen LogP contribution in [0.4, 0.5) is 0 Å². The number of guanidine groups is 1. The fourth-order valence-corrected chi connectivity index (χ4v) is 3.26. The fraction of sp³-hybridized carbons (Fsp3) is 0.353. The number of aliphatic imine (C=N–C) groups is 1. The summed E-state index contributed by atoms with van der Waals surface area (Å²) >= 11 is 1.71. The highest BCUT2D eigenvalue weighted by Gasteiger charge is 2.06. The Bertz CT molecular complexity index is 863. The van der Waals surface area contributed by atoms with Crippen LogP contribution >= 0.6 is 35.3 Å². The van der Waals surface area contributed by atoms with Gasteiger partial charge in [0, 0.05) is 24.3 Å². The van der Waals surface area contributed by atoms with Gasteiger partial charge in [-0.2, -0.15) is 0 Å². The molecule has 0 atom stereocenters. The first-order chi connectivity index (χ1) is 11.5. The van der Waals surface area contributed by atoms with Gasteiger partial charge in [-0.1, -0.05) is 0 Å². The number of thiazole rings is 1. The van der Waals surface area contributed by atoms with E-state index < -0.39 is 0 Å². The molecular formula is C17H23IN6S. The highest BCUT2D eigenvalue weighted by Crippen LogP contribution is 2.15. The summed E-state index contributed by atoms with van der Waals surface area (Å²) < 4.78 is 2.03. The predicted molar refractivity (Wildman–Crippen MR) is 114 cm³/mol. The summed E-state index contributed by atoms with van der Waals surface area (Å²) in [5.74, 6) is 0.744. The normalized spacial score (nSPS) is 11.4. The highest BCUT2D eigenvalue weighted by molar-refractivity contribution is 14.0. The van der Waals surface area contributed by atoms with E-state index in [-0.39, 0.29) is 24.0 Å². The van der Waals surface area contributed by atoms with E-state index in [9.17, 15) is 0 Å². The maximum absolute atomic E-state index is 4.62. The molecule has 0 spiro atoms. The van der Waals surface area contributed by atoms with E-state index in [1.54, 1.807) is 18.4 Å². The Kier molecular flexibility index (Phi) is 6.77. The summed E-state index contributed by atoms with van der Waals surface area (Å²) in [4.78, 5) is 14.7. The molecule has 3 aromatic rings. The van der Waals surface area contributed by atoms with Gasteiger partial charge >= 0.3 is 0 Å². The molecule has 3 rings (SSSR count). The van der Waals surface area contributed by atoms with E-state index in [1.807, 2.05) is 23.7 Å². The number of rotatable bonds is 4. The van der Waals surface area contributed by atoms with E-state index in [4.69, 9.17) is 0 Å². The minimum atomic E-state index is 0. The second-order valence-corrected chi connectivity index (χ2v) is 7.02. The molecule has 134 valence electrons. The molecule has 0 fully saturated rings. The van der Waals surface area contributed by atoms with Crippen LogP contribution in [0, 0.1) is 20.8 Å². The summed E-state index contributed by atoms with van der Waals surface area (Å²) in [5.41, 5.74) is 4.24. The average molecular weight is 470 g/mol. The number of fused-ring (bicyclic) bond motifs is 1. The number of halogens is 1. The predicted octanol–water partition coefficient (Wildman–Crippen LogP) is 3.20. The van der Waals surface area contributed by atoms with Gasteiger partial charge in [0.15, 0.2) is 5.96 Å². The van der Waals surface area contributed by atoms with Crippen molar-refractivity contribution >= 4 is 46.9 Å². The van der Waals surface area contributed by atoms with Gasteiger partial charge in [0.2, 0.25) is 0 Å². The first-order valence-corrected chi connectivity index (χ1v) is 8.68. The molecule has 0 aliphatic rings. The first kappa shape index (κ1) is 19.6. The van der Waals surface area contributed by atoms with Crippen LogP contribution in [0.25, 0.3) is 5.65 Å². The topological polar surface area (TPSA) is 66.6 Å². The second kappa shape index (κ2) is 8.61. The molecule has 0 aromatic carbocycles. The Balaban J connectivity index is 0.00000225. The molecule has 0 saturated heterocycles. The zero-order valence-electron chi connectivity index (χ0n) is 14.8. The van der Waals surface area contributed by atoms with Crippen molar-refractivity contribution < 1.29 is 0 Å². The third-order valence-corrected chi connectivity index (χ3v) is 4.88. The molecular weight excluding hydrogens is 447 g/mol. The van der Waals surface area contributed by atoms with Crippen LogP contribution in [-0.4, -0.2) is 27.4 Å². The molecule has 0 aliphatic carbocycles. The minimum absolute atomic E-state index is 0. The third kappa shape index (κ3) is 4.91. The van der Waals surface area contributed by atoms with E-state index >= 15 is 0 Å². The quantitative estimate of drug-likeness (QED) is 0.349. The number of hydrogen-bond acceptors (Lipinski definition) is 4. The molecule has 0 radical (unpaired) electrons. The van der Waals surface area contributed by atoms with Crippen molar-refractivity contribution in [3.05, 3.63) is 51.4 Å². The third-order valence-electron chi connectivity index (χ3n) is 3.81. The molecule has 0 unspecified atom stereocenters. The summed E-state index contributed by atoms with van der Waals surface area (Å²) in [6.45, 7) is 7.49. The summed E-state index contributed by atoms with van der Waals surface area (Å²) in [5, 5.41) is 7.65. The number of nitrogens with zero attached hydrogens (tertiary/aromatic N) is 4. The van der Waals surface area contributed by atoms with E-state index in [2.05, 4.69) is 51.6 Å². The fourth-order valence-electron chi connectivity index (χ4n) is 2.39. The number of hydrogen-bond donors (Lipinski definition) is 2.